The van der Waals surface area contributed by atoms with Gasteiger partial charge in [-0.25, -0.2) is 0 Å². The van der Waals surface area contributed by atoms with Crippen LogP contribution in [-0.2, 0) is 4.74 Å². The van der Waals surface area contributed by atoms with Crippen LogP contribution < -0.4 is 4.90 Å². The van der Waals surface area contributed by atoms with Crippen LogP contribution in [0.2, 0.25) is 5.02 Å². The molecule has 1 aromatic rings. The average molecular weight is 265 g/mol. The molecule has 96 valence electrons. The Labute approximate surface area is 113 Å². The molecule has 1 unspecified atom stereocenters. The molecule has 1 saturated heterocycles. The fourth-order valence-electron chi connectivity index (χ4n) is 2.39. The average Bonchev–Trinajstić information content (AvgIpc) is 2.39. The van der Waals surface area contributed by atoms with E-state index in [0.717, 1.165) is 38.2 Å². The van der Waals surface area contributed by atoms with Crippen LogP contribution in [0, 0.1) is 11.3 Å². The van der Waals surface area contributed by atoms with Crippen LogP contribution in [0.5, 0.6) is 0 Å². The van der Waals surface area contributed by atoms with Crippen LogP contribution in [0.1, 0.15) is 25.3 Å². The molecule has 0 aliphatic carbocycles. The van der Waals surface area contributed by atoms with Crippen molar-refractivity contribution in [3.05, 3.63) is 28.8 Å². The minimum atomic E-state index is 0.259. The summed E-state index contributed by atoms with van der Waals surface area (Å²) in [6, 6.07) is 7.63. The third-order valence-electron chi connectivity index (χ3n) is 3.20. The van der Waals surface area contributed by atoms with Gasteiger partial charge >= 0.3 is 0 Å². The van der Waals surface area contributed by atoms with E-state index in [1.165, 1.54) is 0 Å². The predicted octanol–water partition coefficient (Wildman–Crippen LogP) is 3.22. The summed E-state index contributed by atoms with van der Waals surface area (Å²) in [6.45, 7) is 4.54. The third kappa shape index (κ3) is 2.95. The Morgan fingerprint density at radius 3 is 3.11 bits per heavy atom. The van der Waals surface area contributed by atoms with E-state index in [4.69, 9.17) is 21.6 Å². The van der Waals surface area contributed by atoms with Crippen molar-refractivity contribution in [2.24, 2.45) is 0 Å². The molecule has 0 bridgehead atoms. The molecule has 1 aliphatic heterocycles. The Morgan fingerprint density at radius 2 is 2.39 bits per heavy atom. The zero-order chi connectivity index (χ0) is 13.0. The van der Waals surface area contributed by atoms with Crippen molar-refractivity contribution in [1.82, 2.24) is 0 Å². The summed E-state index contributed by atoms with van der Waals surface area (Å²) in [4.78, 5) is 2.20. The molecule has 1 atom stereocenters. The van der Waals surface area contributed by atoms with Gasteiger partial charge in [0.2, 0.25) is 0 Å². The summed E-state index contributed by atoms with van der Waals surface area (Å²) in [5.74, 6) is 0. The van der Waals surface area contributed by atoms with Crippen molar-refractivity contribution in [3.8, 4) is 6.07 Å². The second-order valence-electron chi connectivity index (χ2n) is 4.44. The van der Waals surface area contributed by atoms with Gasteiger partial charge in [0.25, 0.3) is 0 Å². The van der Waals surface area contributed by atoms with Gasteiger partial charge in [0, 0.05) is 24.7 Å². The Balaban J connectivity index is 2.20. The first-order chi connectivity index (χ1) is 8.74. The van der Waals surface area contributed by atoms with E-state index in [0.29, 0.717) is 10.6 Å². The first-order valence-corrected chi connectivity index (χ1v) is 6.68. The summed E-state index contributed by atoms with van der Waals surface area (Å²) in [5.41, 5.74) is 1.60. The Hall–Kier alpha value is -1.24. The quantitative estimate of drug-likeness (QED) is 0.841. The number of ether oxygens (including phenoxy) is 1. The SMILES string of the molecule is CCOC1CCCN(c2cc(Cl)ccc2C#N)C1. The highest BCUT2D eigenvalue weighted by Gasteiger charge is 2.22. The minimum absolute atomic E-state index is 0.259. The zero-order valence-corrected chi connectivity index (χ0v) is 11.3. The van der Waals surface area contributed by atoms with Gasteiger partial charge in [-0.1, -0.05) is 11.6 Å². The van der Waals surface area contributed by atoms with Gasteiger partial charge in [0.05, 0.1) is 17.4 Å². The molecule has 0 aromatic heterocycles. The number of anilines is 1. The second kappa shape index (κ2) is 6.08. The normalized spacial score (nSPS) is 19.6. The highest BCUT2D eigenvalue weighted by molar-refractivity contribution is 6.30. The van der Waals surface area contributed by atoms with Gasteiger partial charge < -0.3 is 9.64 Å². The largest absolute Gasteiger partial charge is 0.377 e. The molecular weight excluding hydrogens is 248 g/mol. The molecule has 0 amide bonds. The summed E-state index contributed by atoms with van der Waals surface area (Å²) in [5, 5.41) is 9.83. The highest BCUT2D eigenvalue weighted by Crippen LogP contribution is 2.27. The van der Waals surface area contributed by atoms with Crippen molar-refractivity contribution in [2.75, 3.05) is 24.6 Å². The second-order valence-corrected chi connectivity index (χ2v) is 4.88. The van der Waals surface area contributed by atoms with E-state index in [2.05, 4.69) is 11.0 Å². The number of piperidine rings is 1. The first kappa shape index (κ1) is 13.2. The number of benzene rings is 1. The van der Waals surface area contributed by atoms with E-state index in [-0.39, 0.29) is 6.10 Å². The molecule has 0 saturated carbocycles. The van der Waals surface area contributed by atoms with Gasteiger partial charge in [0.15, 0.2) is 0 Å². The third-order valence-corrected chi connectivity index (χ3v) is 3.44. The summed E-state index contributed by atoms with van der Waals surface area (Å²) in [6.07, 6.45) is 2.43. The van der Waals surface area contributed by atoms with E-state index < -0.39 is 0 Å². The standard InChI is InChI=1S/C14H17ClN2O/c1-2-18-13-4-3-7-17(10-13)14-8-12(15)6-5-11(14)9-16/h5-6,8,13H,2-4,7,10H2,1H3. The van der Waals surface area contributed by atoms with Crippen LogP contribution in [0.15, 0.2) is 18.2 Å². The number of nitrogens with zero attached hydrogens (tertiary/aromatic N) is 2. The fraction of sp³-hybridized carbons (Fsp3) is 0.500. The van der Waals surface area contributed by atoms with Gasteiger partial charge in [-0.15, -0.1) is 0 Å². The number of rotatable bonds is 3. The molecule has 1 aliphatic rings. The maximum Gasteiger partial charge on any atom is 0.101 e. The molecule has 1 fully saturated rings. The molecule has 2 rings (SSSR count). The molecule has 1 heterocycles. The van der Waals surface area contributed by atoms with Crippen LogP contribution in [0.3, 0.4) is 0 Å². The maximum absolute atomic E-state index is 9.16. The minimum Gasteiger partial charge on any atom is -0.377 e. The molecule has 0 N–H and O–H groups in total. The van der Waals surface area contributed by atoms with Crippen molar-refractivity contribution >= 4 is 17.3 Å². The number of hydrogen-bond donors (Lipinski definition) is 0. The molecule has 18 heavy (non-hydrogen) atoms. The molecule has 0 radical (unpaired) electrons. The topological polar surface area (TPSA) is 36.3 Å². The number of nitriles is 1. The van der Waals surface area contributed by atoms with E-state index in [9.17, 15) is 0 Å². The summed E-state index contributed by atoms with van der Waals surface area (Å²) < 4.78 is 5.68. The molecule has 4 heteroatoms. The van der Waals surface area contributed by atoms with Crippen molar-refractivity contribution < 1.29 is 4.74 Å². The Bertz CT molecular complexity index is 454. The lowest BCUT2D eigenvalue weighted by atomic mass is 10.1. The maximum atomic E-state index is 9.16. The molecule has 0 spiro atoms. The van der Waals surface area contributed by atoms with Gasteiger partial charge in [0.1, 0.15) is 6.07 Å². The first-order valence-electron chi connectivity index (χ1n) is 6.30. The lowest BCUT2D eigenvalue weighted by Gasteiger charge is -2.34. The van der Waals surface area contributed by atoms with E-state index in [1.54, 1.807) is 12.1 Å². The number of halogens is 1. The fourth-order valence-corrected chi connectivity index (χ4v) is 2.56. The van der Waals surface area contributed by atoms with Crippen molar-refractivity contribution in [2.45, 2.75) is 25.9 Å². The van der Waals surface area contributed by atoms with E-state index in [1.807, 2.05) is 13.0 Å². The Morgan fingerprint density at radius 1 is 1.56 bits per heavy atom. The van der Waals surface area contributed by atoms with Gasteiger partial charge in [-0.2, -0.15) is 5.26 Å². The van der Waals surface area contributed by atoms with Crippen LogP contribution in [0.4, 0.5) is 5.69 Å². The predicted molar refractivity (Wildman–Crippen MR) is 73.0 cm³/mol. The van der Waals surface area contributed by atoms with Crippen LogP contribution >= 0.6 is 11.6 Å². The smallest absolute Gasteiger partial charge is 0.101 e. The number of hydrogen-bond acceptors (Lipinski definition) is 3. The van der Waals surface area contributed by atoms with Gasteiger partial charge in [-0.05, 0) is 38.0 Å². The molecule has 3 nitrogen and oxygen atoms in total. The van der Waals surface area contributed by atoms with Crippen molar-refractivity contribution in [3.63, 3.8) is 0 Å². The van der Waals surface area contributed by atoms with Crippen LogP contribution in [0.25, 0.3) is 0 Å². The summed E-state index contributed by atoms with van der Waals surface area (Å²) >= 11 is 6.02. The van der Waals surface area contributed by atoms with E-state index >= 15 is 0 Å². The molecular formula is C14H17ClN2O. The Kier molecular flexibility index (Phi) is 4.46. The summed E-state index contributed by atoms with van der Waals surface area (Å²) in [7, 11) is 0. The highest BCUT2D eigenvalue weighted by atomic mass is 35.5. The lowest BCUT2D eigenvalue weighted by Crippen LogP contribution is -2.40. The van der Waals surface area contributed by atoms with Crippen LogP contribution in [-0.4, -0.2) is 25.8 Å². The van der Waals surface area contributed by atoms with Gasteiger partial charge in [-0.3, -0.25) is 0 Å². The van der Waals surface area contributed by atoms with Crippen molar-refractivity contribution in [1.29, 1.82) is 5.26 Å². The molecule has 1 aromatic carbocycles. The zero-order valence-electron chi connectivity index (χ0n) is 10.5. The monoisotopic (exact) mass is 264 g/mol. The lowest BCUT2D eigenvalue weighted by molar-refractivity contribution is 0.0526.